The standard InChI is InChI=1S/C35H40N8/c1-5-6-9-21-20(4)28-36-29(21)38-32-25-15-13-19(3)17-27(25)35(43-32)41-31-23-11-8-7-10-22(23)30(39-31)40-33-24-14-12-18(2)16-26(24)34(37-28)42-33/h7-8,10-11,18-19H,5-6,9,12-17H2,1-4H3,(H4,36,37,38,39,40,41,42,43)/t18-,19-/m0/s1. The fraction of sp³-hybridized carbons (Fsp3) is 0.429. The van der Waals surface area contributed by atoms with Gasteiger partial charge in [-0.1, -0.05) is 51.5 Å². The highest BCUT2D eigenvalue weighted by Crippen LogP contribution is 2.41. The van der Waals surface area contributed by atoms with Crippen molar-refractivity contribution in [1.29, 1.82) is 0 Å². The second-order valence-electron chi connectivity index (χ2n) is 13.1. The highest BCUT2D eigenvalue weighted by atomic mass is 15.2. The summed E-state index contributed by atoms with van der Waals surface area (Å²) in [7, 11) is 0. The first-order valence-electron chi connectivity index (χ1n) is 16.1. The Morgan fingerprint density at radius 2 is 1.33 bits per heavy atom. The molecular formula is C35H40N8. The number of hydrogen-bond acceptors (Lipinski definition) is 6. The molecule has 0 radical (unpaired) electrons. The second kappa shape index (κ2) is 10.2. The molecule has 0 amide bonds. The number of nitrogens with zero attached hydrogens (tertiary/aromatic N) is 4. The van der Waals surface area contributed by atoms with E-state index in [0.29, 0.717) is 11.8 Å². The van der Waals surface area contributed by atoms with Crippen molar-refractivity contribution in [2.45, 2.75) is 85.5 Å². The van der Waals surface area contributed by atoms with Crippen LogP contribution in [0.1, 0.15) is 83.3 Å². The SMILES string of the molecule is CCCCc1c2[nH]c(c1C)N=C1N=C(Nc3[nH]c(c4ccccc34)NC3=NC(=N2)C2=C3C[C@@H](C)CC2)C2=C1C[C@@H](C)CC2. The van der Waals surface area contributed by atoms with Crippen molar-refractivity contribution in [2.75, 3.05) is 10.6 Å². The Labute approximate surface area is 252 Å². The van der Waals surface area contributed by atoms with E-state index in [-0.39, 0.29) is 0 Å². The molecule has 8 heteroatoms. The van der Waals surface area contributed by atoms with Gasteiger partial charge in [-0.2, -0.15) is 0 Å². The number of benzene rings is 1. The van der Waals surface area contributed by atoms with Crippen molar-refractivity contribution in [1.82, 2.24) is 9.97 Å². The molecule has 43 heavy (non-hydrogen) atoms. The predicted molar refractivity (Wildman–Crippen MR) is 179 cm³/mol. The summed E-state index contributed by atoms with van der Waals surface area (Å²) in [5, 5.41) is 9.70. The van der Waals surface area contributed by atoms with Gasteiger partial charge in [0.15, 0.2) is 11.7 Å². The number of nitrogens with one attached hydrogen (secondary N) is 4. The zero-order valence-electron chi connectivity index (χ0n) is 25.6. The van der Waals surface area contributed by atoms with Gasteiger partial charge in [-0.05, 0) is 75.7 Å². The Morgan fingerprint density at radius 1 is 0.721 bits per heavy atom. The molecule has 2 aliphatic carbocycles. The van der Waals surface area contributed by atoms with Gasteiger partial charge in [-0.25, -0.2) is 20.0 Å². The Bertz CT molecular complexity index is 1850. The number of H-pyrrole nitrogens is 2. The lowest BCUT2D eigenvalue weighted by Gasteiger charge is -2.21. The maximum atomic E-state index is 5.27. The highest BCUT2D eigenvalue weighted by Gasteiger charge is 2.33. The fourth-order valence-electron chi connectivity index (χ4n) is 7.37. The monoisotopic (exact) mass is 572 g/mol. The predicted octanol–water partition coefficient (Wildman–Crippen LogP) is 8.80. The lowest BCUT2D eigenvalue weighted by Crippen LogP contribution is -2.18. The van der Waals surface area contributed by atoms with Crippen LogP contribution >= 0.6 is 0 Å². The van der Waals surface area contributed by atoms with Crippen LogP contribution in [-0.4, -0.2) is 33.3 Å². The second-order valence-corrected chi connectivity index (χ2v) is 13.1. The molecule has 1 aromatic carbocycles. The first-order valence-corrected chi connectivity index (χ1v) is 16.1. The summed E-state index contributed by atoms with van der Waals surface area (Å²) in [5.41, 5.74) is 7.54. The summed E-state index contributed by atoms with van der Waals surface area (Å²) in [4.78, 5) is 28.2. The first kappa shape index (κ1) is 26.4. The molecule has 3 aromatic rings. The van der Waals surface area contributed by atoms with Crippen molar-refractivity contribution in [3.05, 3.63) is 57.7 Å². The quantitative estimate of drug-likeness (QED) is 0.252. The topological polar surface area (TPSA) is 105 Å². The Kier molecular flexibility index (Phi) is 6.28. The number of anilines is 2. The summed E-state index contributed by atoms with van der Waals surface area (Å²) in [6, 6.07) is 8.51. The van der Waals surface area contributed by atoms with Gasteiger partial charge in [0.25, 0.3) is 0 Å². The van der Waals surface area contributed by atoms with Gasteiger partial charge in [-0.3, -0.25) is 0 Å². The summed E-state index contributed by atoms with van der Waals surface area (Å²) >= 11 is 0. The molecule has 0 saturated heterocycles. The molecule has 0 spiro atoms. The van der Waals surface area contributed by atoms with Gasteiger partial charge in [-0.15, -0.1) is 0 Å². The molecule has 220 valence electrons. The van der Waals surface area contributed by atoms with E-state index in [2.05, 4.69) is 72.6 Å². The zero-order valence-corrected chi connectivity index (χ0v) is 25.6. The number of hydrogen-bond donors (Lipinski definition) is 4. The molecule has 5 heterocycles. The Hall–Kier alpha value is -4.20. The third-order valence-corrected chi connectivity index (χ3v) is 9.90. The van der Waals surface area contributed by atoms with Crippen LogP contribution in [0, 0.1) is 18.8 Å². The van der Waals surface area contributed by atoms with E-state index in [0.717, 1.165) is 115 Å². The van der Waals surface area contributed by atoms with Crippen LogP contribution < -0.4 is 10.6 Å². The molecule has 5 aliphatic rings. The van der Waals surface area contributed by atoms with E-state index in [4.69, 9.17) is 20.0 Å². The molecule has 3 aliphatic heterocycles. The minimum Gasteiger partial charge on any atom is -0.327 e. The number of aromatic nitrogens is 2. The fourth-order valence-corrected chi connectivity index (χ4v) is 7.37. The number of rotatable bonds is 3. The average molecular weight is 573 g/mol. The van der Waals surface area contributed by atoms with Crippen LogP contribution in [0.4, 0.5) is 23.3 Å². The van der Waals surface area contributed by atoms with Crippen molar-refractivity contribution in [3.63, 3.8) is 0 Å². The van der Waals surface area contributed by atoms with Crippen LogP contribution in [0.5, 0.6) is 0 Å². The molecule has 0 fully saturated rings. The highest BCUT2D eigenvalue weighted by molar-refractivity contribution is 6.28. The molecular weight excluding hydrogens is 532 g/mol. The maximum Gasteiger partial charge on any atom is 0.160 e. The minimum atomic E-state index is 0.608. The average Bonchev–Trinajstić information content (AvgIpc) is 3.71. The van der Waals surface area contributed by atoms with Crippen LogP contribution in [-0.2, 0) is 6.42 Å². The third kappa shape index (κ3) is 4.41. The normalized spacial score (nSPS) is 22.9. The van der Waals surface area contributed by atoms with Gasteiger partial charge >= 0.3 is 0 Å². The number of aromatic amines is 2. The maximum absolute atomic E-state index is 5.27. The van der Waals surface area contributed by atoms with E-state index >= 15 is 0 Å². The number of amidine groups is 4. The molecule has 8 nitrogen and oxygen atoms in total. The number of fused-ring (bicyclic) bond motifs is 13. The van der Waals surface area contributed by atoms with Crippen molar-refractivity contribution in [3.8, 4) is 0 Å². The summed E-state index contributed by atoms with van der Waals surface area (Å²) in [5.74, 6) is 8.33. The molecule has 4 N–H and O–H groups in total. The number of unbranched alkanes of at least 4 members (excludes halogenated alkanes) is 1. The Balaban J connectivity index is 1.36. The molecule has 0 unspecified atom stereocenters. The smallest absolute Gasteiger partial charge is 0.160 e. The van der Waals surface area contributed by atoms with Crippen molar-refractivity contribution >= 4 is 57.4 Å². The van der Waals surface area contributed by atoms with E-state index in [1.807, 2.05) is 0 Å². The van der Waals surface area contributed by atoms with Crippen LogP contribution in [0.3, 0.4) is 0 Å². The summed E-state index contributed by atoms with van der Waals surface area (Å²) < 4.78 is 0. The summed E-state index contributed by atoms with van der Waals surface area (Å²) in [6.45, 7) is 9.09. The van der Waals surface area contributed by atoms with E-state index in [1.165, 1.54) is 33.4 Å². The van der Waals surface area contributed by atoms with Gasteiger partial charge < -0.3 is 20.6 Å². The van der Waals surface area contributed by atoms with Gasteiger partial charge in [0.05, 0.1) is 0 Å². The van der Waals surface area contributed by atoms with Gasteiger partial charge in [0.2, 0.25) is 0 Å². The third-order valence-electron chi connectivity index (χ3n) is 9.90. The minimum absolute atomic E-state index is 0.608. The number of aliphatic imine (C=N–C) groups is 4. The largest absolute Gasteiger partial charge is 0.327 e. The van der Waals surface area contributed by atoms with Crippen LogP contribution in [0.15, 0.2) is 66.5 Å². The first-order chi connectivity index (χ1) is 21.0. The lowest BCUT2D eigenvalue weighted by molar-refractivity contribution is 0.513. The molecule has 2 aromatic heterocycles. The van der Waals surface area contributed by atoms with Crippen molar-refractivity contribution in [2.24, 2.45) is 31.8 Å². The molecule has 0 saturated carbocycles. The molecule has 8 bridgehead atoms. The summed E-state index contributed by atoms with van der Waals surface area (Å²) in [6.07, 6.45) is 9.50. The van der Waals surface area contributed by atoms with E-state index in [9.17, 15) is 0 Å². The van der Waals surface area contributed by atoms with Crippen LogP contribution in [0.2, 0.25) is 0 Å². The van der Waals surface area contributed by atoms with Crippen LogP contribution in [0.25, 0.3) is 10.8 Å². The lowest BCUT2D eigenvalue weighted by atomic mass is 9.85. The molecule has 8 rings (SSSR count). The van der Waals surface area contributed by atoms with Gasteiger partial charge in [0.1, 0.15) is 34.9 Å². The Morgan fingerprint density at radius 3 is 2.02 bits per heavy atom. The zero-order chi connectivity index (χ0) is 29.2. The molecule has 2 atom stereocenters. The van der Waals surface area contributed by atoms with E-state index < -0.39 is 0 Å². The van der Waals surface area contributed by atoms with Gasteiger partial charge in [0, 0.05) is 38.6 Å². The van der Waals surface area contributed by atoms with E-state index in [1.54, 1.807) is 0 Å². The van der Waals surface area contributed by atoms with Crippen molar-refractivity contribution < 1.29 is 0 Å².